The Hall–Kier alpha value is -1.49. The molecule has 0 aliphatic carbocycles. The average molecular weight is 369 g/mol. The molecule has 1 aromatic heterocycles. The van der Waals surface area contributed by atoms with E-state index < -0.39 is 0 Å². The molecular formula is C18H22Cl2N2O2. The van der Waals surface area contributed by atoms with Crippen molar-refractivity contribution >= 4 is 34.7 Å². The van der Waals surface area contributed by atoms with Crippen LogP contribution in [-0.2, 0) is 6.61 Å². The number of aliphatic hydroxyl groups is 1. The molecular weight excluding hydrogens is 347 g/mol. The predicted molar refractivity (Wildman–Crippen MR) is 99.6 cm³/mol. The van der Waals surface area contributed by atoms with E-state index in [4.69, 9.17) is 27.9 Å². The summed E-state index contributed by atoms with van der Waals surface area (Å²) in [6, 6.07) is 7.02. The summed E-state index contributed by atoms with van der Waals surface area (Å²) in [4.78, 5) is 4.48. The standard InChI is InChI=1S/C18H22Cl2N2O2/c1-4-13(5-2)24-17-8-11(3)21-18(14(17)10-23)22-16-7-6-12(19)9-15(16)20/h6-9,13,23H,4-5,10H2,1-3H3,(H,21,22). The maximum absolute atomic E-state index is 9.83. The second kappa shape index (κ2) is 8.56. The number of hydrogen-bond donors (Lipinski definition) is 2. The Morgan fingerprint density at radius 1 is 1.21 bits per heavy atom. The van der Waals surface area contributed by atoms with Gasteiger partial charge in [0.25, 0.3) is 0 Å². The fourth-order valence-corrected chi connectivity index (χ4v) is 2.84. The van der Waals surface area contributed by atoms with E-state index in [0.29, 0.717) is 32.9 Å². The van der Waals surface area contributed by atoms with Gasteiger partial charge in [0.15, 0.2) is 0 Å². The maximum Gasteiger partial charge on any atom is 0.139 e. The molecule has 0 bridgehead atoms. The van der Waals surface area contributed by atoms with Crippen molar-refractivity contribution in [2.45, 2.75) is 46.3 Å². The van der Waals surface area contributed by atoms with Gasteiger partial charge in [0.2, 0.25) is 0 Å². The number of hydrogen-bond acceptors (Lipinski definition) is 4. The third-order valence-electron chi connectivity index (χ3n) is 3.76. The molecule has 0 aliphatic rings. The molecule has 0 saturated heterocycles. The molecule has 0 fully saturated rings. The first-order chi connectivity index (χ1) is 11.5. The predicted octanol–water partition coefficient (Wildman–Crippen LogP) is 5.50. The van der Waals surface area contributed by atoms with Crippen molar-refractivity contribution in [3.8, 4) is 5.75 Å². The van der Waals surface area contributed by atoms with Gasteiger partial charge < -0.3 is 15.2 Å². The van der Waals surface area contributed by atoms with Crippen LogP contribution in [0.4, 0.5) is 11.5 Å². The second-order valence-electron chi connectivity index (χ2n) is 5.55. The first kappa shape index (κ1) is 18.8. The zero-order chi connectivity index (χ0) is 17.7. The Bertz CT molecular complexity index is 704. The van der Waals surface area contributed by atoms with Crippen molar-refractivity contribution in [1.82, 2.24) is 4.98 Å². The Labute approximate surface area is 152 Å². The van der Waals surface area contributed by atoms with Crippen LogP contribution in [-0.4, -0.2) is 16.2 Å². The lowest BCUT2D eigenvalue weighted by atomic mass is 10.1. The molecule has 4 nitrogen and oxygen atoms in total. The number of benzene rings is 1. The van der Waals surface area contributed by atoms with Crippen LogP contribution in [0.5, 0.6) is 5.75 Å². The molecule has 0 atom stereocenters. The lowest BCUT2D eigenvalue weighted by Gasteiger charge is -2.20. The number of aromatic nitrogens is 1. The van der Waals surface area contributed by atoms with E-state index in [1.165, 1.54) is 0 Å². The molecule has 0 aliphatic heterocycles. The van der Waals surface area contributed by atoms with Gasteiger partial charge in [0.1, 0.15) is 11.6 Å². The van der Waals surface area contributed by atoms with E-state index in [9.17, 15) is 5.11 Å². The Kier molecular flexibility index (Phi) is 6.72. The number of anilines is 2. The van der Waals surface area contributed by atoms with Crippen molar-refractivity contribution < 1.29 is 9.84 Å². The first-order valence-electron chi connectivity index (χ1n) is 7.98. The Balaban J connectivity index is 2.40. The summed E-state index contributed by atoms with van der Waals surface area (Å²) in [6.07, 6.45) is 1.90. The minimum Gasteiger partial charge on any atom is -0.490 e. The molecule has 1 aromatic carbocycles. The molecule has 0 spiro atoms. The number of nitrogens with zero attached hydrogens (tertiary/aromatic N) is 1. The third-order valence-corrected chi connectivity index (χ3v) is 4.31. The van der Waals surface area contributed by atoms with Gasteiger partial charge in [-0.2, -0.15) is 0 Å². The van der Waals surface area contributed by atoms with Crippen molar-refractivity contribution in [3.05, 3.63) is 45.6 Å². The van der Waals surface area contributed by atoms with Gasteiger partial charge in [0, 0.05) is 16.8 Å². The highest BCUT2D eigenvalue weighted by Crippen LogP contribution is 2.33. The molecule has 2 rings (SSSR count). The van der Waals surface area contributed by atoms with Crippen molar-refractivity contribution in [2.24, 2.45) is 0 Å². The fraction of sp³-hybridized carbons (Fsp3) is 0.389. The first-order valence-corrected chi connectivity index (χ1v) is 8.74. The van der Waals surface area contributed by atoms with Crippen molar-refractivity contribution in [3.63, 3.8) is 0 Å². The SMILES string of the molecule is CCC(CC)Oc1cc(C)nc(Nc2ccc(Cl)cc2Cl)c1CO. The molecule has 0 amide bonds. The van der Waals surface area contributed by atoms with Crippen molar-refractivity contribution in [2.75, 3.05) is 5.32 Å². The summed E-state index contributed by atoms with van der Waals surface area (Å²) in [6.45, 7) is 5.85. The van der Waals surface area contributed by atoms with Crippen LogP contribution in [0.15, 0.2) is 24.3 Å². The quantitative estimate of drug-likeness (QED) is 0.677. The summed E-state index contributed by atoms with van der Waals surface area (Å²) in [7, 11) is 0. The van der Waals surface area contributed by atoms with Crippen LogP contribution in [0, 0.1) is 6.92 Å². The molecule has 0 radical (unpaired) electrons. The summed E-state index contributed by atoms with van der Waals surface area (Å²) < 4.78 is 6.05. The molecule has 130 valence electrons. The normalized spacial score (nSPS) is 11.0. The molecule has 24 heavy (non-hydrogen) atoms. The van der Waals surface area contributed by atoms with Gasteiger partial charge in [-0.05, 0) is 38.0 Å². The fourth-order valence-electron chi connectivity index (χ4n) is 2.38. The van der Waals surface area contributed by atoms with Crippen LogP contribution in [0.2, 0.25) is 10.0 Å². The van der Waals surface area contributed by atoms with Crippen LogP contribution in [0.3, 0.4) is 0 Å². The molecule has 1 heterocycles. The molecule has 2 N–H and O–H groups in total. The number of halogens is 2. The van der Waals surface area contributed by atoms with Crippen LogP contribution in [0.25, 0.3) is 0 Å². The maximum atomic E-state index is 9.83. The summed E-state index contributed by atoms with van der Waals surface area (Å²) in [5.41, 5.74) is 2.07. The number of pyridine rings is 1. The zero-order valence-corrected chi connectivity index (χ0v) is 15.6. The number of ether oxygens (including phenoxy) is 1. The highest BCUT2D eigenvalue weighted by molar-refractivity contribution is 6.36. The third kappa shape index (κ3) is 4.53. The molecule has 0 saturated carbocycles. The Morgan fingerprint density at radius 2 is 1.92 bits per heavy atom. The monoisotopic (exact) mass is 368 g/mol. The highest BCUT2D eigenvalue weighted by atomic mass is 35.5. The van der Waals surface area contributed by atoms with Gasteiger partial charge >= 0.3 is 0 Å². The van der Waals surface area contributed by atoms with E-state index in [0.717, 1.165) is 18.5 Å². The minimum absolute atomic E-state index is 0.101. The van der Waals surface area contributed by atoms with Gasteiger partial charge in [-0.1, -0.05) is 37.0 Å². The molecule has 0 unspecified atom stereocenters. The highest BCUT2D eigenvalue weighted by Gasteiger charge is 2.16. The largest absolute Gasteiger partial charge is 0.490 e. The smallest absolute Gasteiger partial charge is 0.139 e. The van der Waals surface area contributed by atoms with Crippen molar-refractivity contribution in [1.29, 1.82) is 0 Å². The number of rotatable bonds is 7. The lowest BCUT2D eigenvalue weighted by molar-refractivity contribution is 0.184. The molecule has 2 aromatic rings. The van der Waals surface area contributed by atoms with Gasteiger partial charge in [-0.25, -0.2) is 4.98 Å². The number of nitrogens with one attached hydrogen (secondary N) is 1. The Morgan fingerprint density at radius 3 is 2.50 bits per heavy atom. The summed E-state index contributed by atoms with van der Waals surface area (Å²) >= 11 is 12.1. The van der Waals surface area contributed by atoms with E-state index in [1.807, 2.05) is 13.0 Å². The minimum atomic E-state index is -0.184. The number of aryl methyl sites for hydroxylation is 1. The second-order valence-corrected chi connectivity index (χ2v) is 6.40. The lowest BCUT2D eigenvalue weighted by Crippen LogP contribution is -2.16. The zero-order valence-electron chi connectivity index (χ0n) is 14.1. The van der Waals surface area contributed by atoms with Crippen LogP contribution in [0.1, 0.15) is 37.9 Å². The summed E-state index contributed by atoms with van der Waals surface area (Å²) in [5, 5.41) is 14.0. The van der Waals surface area contributed by atoms with Crippen LogP contribution >= 0.6 is 23.2 Å². The van der Waals surface area contributed by atoms with Gasteiger partial charge in [0.05, 0.1) is 29.0 Å². The summed E-state index contributed by atoms with van der Waals surface area (Å²) in [5.74, 6) is 1.17. The van der Waals surface area contributed by atoms with Gasteiger partial charge in [-0.3, -0.25) is 0 Å². The number of aliphatic hydroxyl groups excluding tert-OH is 1. The van der Waals surface area contributed by atoms with E-state index >= 15 is 0 Å². The van der Waals surface area contributed by atoms with Gasteiger partial charge in [-0.15, -0.1) is 0 Å². The topological polar surface area (TPSA) is 54.4 Å². The van der Waals surface area contributed by atoms with E-state index in [-0.39, 0.29) is 12.7 Å². The molecule has 6 heteroatoms. The van der Waals surface area contributed by atoms with E-state index in [2.05, 4.69) is 24.1 Å². The van der Waals surface area contributed by atoms with Crippen LogP contribution < -0.4 is 10.1 Å². The van der Waals surface area contributed by atoms with E-state index in [1.54, 1.807) is 18.2 Å². The average Bonchev–Trinajstić information content (AvgIpc) is 2.55.